The molecule has 1 amide bonds. The Morgan fingerprint density at radius 2 is 2.00 bits per heavy atom. The molecule has 2 N–H and O–H groups in total. The van der Waals surface area contributed by atoms with Gasteiger partial charge in [0.2, 0.25) is 5.91 Å². The van der Waals surface area contributed by atoms with Gasteiger partial charge in [-0.1, -0.05) is 6.42 Å². The van der Waals surface area contributed by atoms with Crippen LogP contribution >= 0.6 is 0 Å². The van der Waals surface area contributed by atoms with E-state index in [1.807, 2.05) is 0 Å². The van der Waals surface area contributed by atoms with Crippen molar-refractivity contribution in [1.29, 1.82) is 0 Å². The molecule has 0 saturated heterocycles. The van der Waals surface area contributed by atoms with Crippen molar-refractivity contribution in [2.45, 2.75) is 65.0 Å². The quantitative estimate of drug-likeness (QED) is 0.806. The lowest BCUT2D eigenvalue weighted by Gasteiger charge is -2.29. The molecular weight excluding hydrogens is 224 g/mol. The van der Waals surface area contributed by atoms with E-state index >= 15 is 0 Å². The second-order valence-corrected chi connectivity index (χ2v) is 7.30. The highest BCUT2D eigenvalue weighted by Crippen LogP contribution is 2.49. The van der Waals surface area contributed by atoms with E-state index in [0.717, 1.165) is 17.8 Å². The smallest absolute Gasteiger partial charge is 0.234 e. The van der Waals surface area contributed by atoms with Gasteiger partial charge >= 0.3 is 0 Å². The van der Waals surface area contributed by atoms with Crippen LogP contribution < -0.4 is 10.6 Å². The first-order valence-electron chi connectivity index (χ1n) is 7.39. The first-order valence-corrected chi connectivity index (χ1v) is 7.39. The van der Waals surface area contributed by atoms with Crippen molar-refractivity contribution in [3.63, 3.8) is 0 Å². The zero-order valence-corrected chi connectivity index (χ0v) is 12.3. The zero-order valence-electron chi connectivity index (χ0n) is 12.3. The minimum Gasteiger partial charge on any atom is -0.352 e. The van der Waals surface area contributed by atoms with E-state index < -0.39 is 0 Å². The Bertz CT molecular complexity index is 308. The van der Waals surface area contributed by atoms with Gasteiger partial charge in [-0.05, 0) is 64.7 Å². The average Bonchev–Trinajstić information content (AvgIpc) is 2.87. The molecule has 0 aromatic rings. The number of hydrogen-bond acceptors (Lipinski definition) is 2. The van der Waals surface area contributed by atoms with Crippen LogP contribution in [0.3, 0.4) is 0 Å². The minimum absolute atomic E-state index is 0.00695. The van der Waals surface area contributed by atoms with Crippen molar-refractivity contribution in [1.82, 2.24) is 10.6 Å². The third-order valence-electron chi connectivity index (χ3n) is 4.60. The average molecular weight is 252 g/mol. The van der Waals surface area contributed by atoms with Crippen molar-refractivity contribution in [2.24, 2.45) is 17.8 Å². The van der Waals surface area contributed by atoms with Crippen LogP contribution in [-0.4, -0.2) is 24.0 Å². The van der Waals surface area contributed by atoms with Crippen LogP contribution in [0.15, 0.2) is 0 Å². The summed E-state index contributed by atoms with van der Waals surface area (Å²) in [7, 11) is 0. The maximum Gasteiger partial charge on any atom is 0.234 e. The molecule has 2 aliphatic rings. The number of hydrogen-bond donors (Lipinski definition) is 2. The SMILES string of the molecule is CC(NC(=O)CNC(C)(C)C)C1CC2CCC1C2. The normalized spacial score (nSPS) is 32.6. The monoisotopic (exact) mass is 252 g/mol. The van der Waals surface area contributed by atoms with E-state index in [1.165, 1.54) is 25.7 Å². The van der Waals surface area contributed by atoms with Crippen molar-refractivity contribution in [3.8, 4) is 0 Å². The minimum atomic E-state index is 0.00695. The van der Waals surface area contributed by atoms with Crippen LogP contribution in [0.2, 0.25) is 0 Å². The van der Waals surface area contributed by atoms with Crippen LogP contribution in [0.4, 0.5) is 0 Å². The Morgan fingerprint density at radius 3 is 2.50 bits per heavy atom. The predicted octanol–water partition coefficient (Wildman–Crippen LogP) is 2.32. The number of nitrogens with one attached hydrogen (secondary N) is 2. The number of rotatable bonds is 4. The van der Waals surface area contributed by atoms with Crippen LogP contribution in [0.25, 0.3) is 0 Å². The molecule has 2 fully saturated rings. The topological polar surface area (TPSA) is 41.1 Å². The number of carbonyl (C=O) groups is 1. The van der Waals surface area contributed by atoms with E-state index in [0.29, 0.717) is 12.6 Å². The van der Waals surface area contributed by atoms with Gasteiger partial charge in [-0.25, -0.2) is 0 Å². The molecule has 104 valence electrons. The number of fused-ring (bicyclic) bond motifs is 2. The fourth-order valence-corrected chi connectivity index (χ4v) is 3.66. The molecule has 4 unspecified atom stereocenters. The van der Waals surface area contributed by atoms with E-state index in [1.54, 1.807) is 0 Å². The molecule has 18 heavy (non-hydrogen) atoms. The van der Waals surface area contributed by atoms with Gasteiger partial charge in [-0.3, -0.25) is 4.79 Å². The predicted molar refractivity (Wildman–Crippen MR) is 74.3 cm³/mol. The molecule has 0 aromatic carbocycles. The largest absolute Gasteiger partial charge is 0.352 e. The second-order valence-electron chi connectivity index (χ2n) is 7.30. The third-order valence-corrected chi connectivity index (χ3v) is 4.60. The molecule has 2 rings (SSSR count). The summed E-state index contributed by atoms with van der Waals surface area (Å²) in [5.41, 5.74) is 0.00695. The van der Waals surface area contributed by atoms with Gasteiger partial charge in [-0.2, -0.15) is 0 Å². The molecule has 0 heterocycles. The summed E-state index contributed by atoms with van der Waals surface area (Å²) in [5.74, 6) is 2.69. The highest BCUT2D eigenvalue weighted by molar-refractivity contribution is 5.78. The first kappa shape index (κ1) is 13.9. The Kier molecular flexibility index (Phi) is 4.00. The fraction of sp³-hybridized carbons (Fsp3) is 0.933. The van der Waals surface area contributed by atoms with Crippen LogP contribution in [-0.2, 0) is 4.79 Å². The maximum atomic E-state index is 11.9. The Morgan fingerprint density at radius 1 is 1.28 bits per heavy atom. The lowest BCUT2D eigenvalue weighted by Crippen LogP contribution is -2.47. The summed E-state index contributed by atoms with van der Waals surface area (Å²) >= 11 is 0. The molecule has 0 aliphatic heterocycles. The van der Waals surface area contributed by atoms with E-state index in [2.05, 4.69) is 38.3 Å². The van der Waals surface area contributed by atoms with Gasteiger partial charge in [0.15, 0.2) is 0 Å². The summed E-state index contributed by atoms with van der Waals surface area (Å²) in [5, 5.41) is 6.42. The van der Waals surface area contributed by atoms with Gasteiger partial charge in [-0.15, -0.1) is 0 Å². The highest BCUT2D eigenvalue weighted by Gasteiger charge is 2.42. The van der Waals surface area contributed by atoms with Crippen molar-refractivity contribution in [2.75, 3.05) is 6.54 Å². The summed E-state index contributed by atoms with van der Waals surface area (Å²) < 4.78 is 0. The lowest BCUT2D eigenvalue weighted by atomic mass is 9.84. The van der Waals surface area contributed by atoms with E-state index in [9.17, 15) is 4.79 Å². The lowest BCUT2D eigenvalue weighted by molar-refractivity contribution is -0.121. The molecule has 3 heteroatoms. The number of carbonyl (C=O) groups excluding carboxylic acids is 1. The molecule has 3 nitrogen and oxygen atoms in total. The second kappa shape index (κ2) is 5.20. The molecule has 0 aromatic heterocycles. The third kappa shape index (κ3) is 3.47. The molecular formula is C15H28N2O. The van der Waals surface area contributed by atoms with Crippen molar-refractivity contribution in [3.05, 3.63) is 0 Å². The van der Waals surface area contributed by atoms with Gasteiger partial charge in [0, 0.05) is 11.6 Å². The van der Waals surface area contributed by atoms with Crippen molar-refractivity contribution < 1.29 is 4.79 Å². The fourth-order valence-electron chi connectivity index (χ4n) is 3.66. The molecule has 4 atom stereocenters. The maximum absolute atomic E-state index is 11.9. The molecule has 2 aliphatic carbocycles. The van der Waals surface area contributed by atoms with Gasteiger partial charge in [0.25, 0.3) is 0 Å². The number of amides is 1. The molecule has 2 saturated carbocycles. The first-order chi connectivity index (χ1) is 8.35. The summed E-state index contributed by atoms with van der Waals surface area (Å²) in [6.07, 6.45) is 5.55. The summed E-state index contributed by atoms with van der Waals surface area (Å²) in [6.45, 7) is 8.86. The van der Waals surface area contributed by atoms with Crippen LogP contribution in [0.5, 0.6) is 0 Å². The summed E-state index contributed by atoms with van der Waals surface area (Å²) in [4.78, 5) is 11.9. The van der Waals surface area contributed by atoms with Crippen LogP contribution in [0, 0.1) is 17.8 Å². The Balaban J connectivity index is 1.74. The van der Waals surface area contributed by atoms with Gasteiger partial charge in [0.05, 0.1) is 6.54 Å². The van der Waals surface area contributed by atoms with Crippen molar-refractivity contribution >= 4 is 5.91 Å². The Labute approximate surface area is 111 Å². The van der Waals surface area contributed by atoms with E-state index in [-0.39, 0.29) is 11.4 Å². The zero-order chi connectivity index (χ0) is 13.3. The van der Waals surface area contributed by atoms with Gasteiger partial charge in [0.1, 0.15) is 0 Å². The van der Waals surface area contributed by atoms with Crippen LogP contribution in [0.1, 0.15) is 53.4 Å². The van der Waals surface area contributed by atoms with Gasteiger partial charge < -0.3 is 10.6 Å². The Hall–Kier alpha value is -0.570. The van der Waals surface area contributed by atoms with E-state index in [4.69, 9.17) is 0 Å². The summed E-state index contributed by atoms with van der Waals surface area (Å²) in [6, 6.07) is 0.342. The highest BCUT2D eigenvalue weighted by atomic mass is 16.2. The molecule has 0 radical (unpaired) electrons. The molecule has 2 bridgehead atoms. The standard InChI is InChI=1S/C15H28N2O/c1-10(13-8-11-5-6-12(13)7-11)17-14(18)9-16-15(2,3)4/h10-13,16H,5-9H2,1-4H3,(H,17,18). The molecule has 0 spiro atoms.